The van der Waals surface area contributed by atoms with Crippen molar-refractivity contribution in [3.8, 4) is 0 Å². The molecule has 0 saturated heterocycles. The van der Waals surface area contributed by atoms with E-state index >= 15 is 0 Å². The first kappa shape index (κ1) is 20.1. The van der Waals surface area contributed by atoms with Gasteiger partial charge in [0.05, 0.1) is 0 Å². The third kappa shape index (κ3) is 9.09. The molecule has 1 rings (SSSR count). The molecule has 23 heavy (non-hydrogen) atoms. The fourth-order valence-electron chi connectivity index (χ4n) is 2.91. The maximum Gasteiger partial charge on any atom is 0.0493 e. The van der Waals surface area contributed by atoms with Crippen LogP contribution < -0.4 is 0 Å². The summed E-state index contributed by atoms with van der Waals surface area (Å²) in [6.45, 7) is 3.91. The summed E-state index contributed by atoms with van der Waals surface area (Å²) in [5.41, 5.74) is 2.71. The molecule has 1 aromatic carbocycles. The fourth-order valence-corrected chi connectivity index (χ4v) is 2.91. The summed E-state index contributed by atoms with van der Waals surface area (Å²) in [7, 11) is 2.03. The fraction of sp³-hybridized carbons (Fsp3) is 0.700. The topological polar surface area (TPSA) is 43.7 Å². The molecule has 2 N–H and O–H groups in total. The number of benzene rings is 1. The standard InChI is InChI=1S/C20H35NO2/c1-3-4-5-6-7-8-9-18-10-12-19(13-11-18)14-21(2)15-20(16-22)17-23/h10-13,20,22-23H,3-9,14-17H2,1-2H3. The van der Waals surface area contributed by atoms with Crippen LogP contribution >= 0.6 is 0 Å². The zero-order valence-electron chi connectivity index (χ0n) is 15.0. The minimum atomic E-state index is -0.0491. The highest BCUT2D eigenvalue weighted by atomic mass is 16.3. The van der Waals surface area contributed by atoms with Crippen molar-refractivity contribution in [1.82, 2.24) is 4.90 Å². The summed E-state index contributed by atoms with van der Waals surface area (Å²) >= 11 is 0. The highest BCUT2D eigenvalue weighted by Crippen LogP contribution is 2.12. The Labute approximate surface area is 142 Å². The second-order valence-corrected chi connectivity index (χ2v) is 6.76. The Kier molecular flexibility index (Phi) is 11.0. The first-order valence-electron chi connectivity index (χ1n) is 9.17. The first-order valence-corrected chi connectivity index (χ1v) is 9.17. The molecule has 3 heteroatoms. The molecule has 0 aliphatic carbocycles. The largest absolute Gasteiger partial charge is 0.396 e. The number of hydrogen-bond acceptors (Lipinski definition) is 3. The lowest BCUT2D eigenvalue weighted by atomic mass is 10.0. The number of unbranched alkanes of at least 4 members (excludes halogenated alkanes) is 5. The van der Waals surface area contributed by atoms with Gasteiger partial charge in [-0.2, -0.15) is 0 Å². The molecule has 0 aliphatic rings. The summed E-state index contributed by atoms with van der Waals surface area (Å²) in [6.07, 6.45) is 9.24. The van der Waals surface area contributed by atoms with E-state index in [-0.39, 0.29) is 19.1 Å². The molecule has 0 atom stereocenters. The van der Waals surface area contributed by atoms with E-state index in [1.807, 2.05) is 7.05 Å². The molecule has 0 aliphatic heterocycles. The van der Waals surface area contributed by atoms with Crippen LogP contribution in [-0.2, 0) is 13.0 Å². The quantitative estimate of drug-likeness (QED) is 0.545. The average molecular weight is 322 g/mol. The van der Waals surface area contributed by atoms with Crippen molar-refractivity contribution >= 4 is 0 Å². The molecule has 0 heterocycles. The molecule has 0 unspecified atom stereocenters. The first-order chi connectivity index (χ1) is 11.2. The van der Waals surface area contributed by atoms with Crippen LogP contribution in [0.4, 0.5) is 0 Å². The van der Waals surface area contributed by atoms with Gasteiger partial charge < -0.3 is 15.1 Å². The molecule has 0 fully saturated rings. The molecule has 132 valence electrons. The Bertz CT molecular complexity index is 387. The molecular weight excluding hydrogens is 286 g/mol. The minimum Gasteiger partial charge on any atom is -0.396 e. The lowest BCUT2D eigenvalue weighted by molar-refractivity contribution is 0.117. The van der Waals surface area contributed by atoms with Crippen molar-refractivity contribution < 1.29 is 10.2 Å². The number of hydrogen-bond donors (Lipinski definition) is 2. The zero-order valence-corrected chi connectivity index (χ0v) is 15.0. The Hall–Kier alpha value is -0.900. The molecule has 0 spiro atoms. The van der Waals surface area contributed by atoms with Crippen molar-refractivity contribution in [1.29, 1.82) is 0 Å². The van der Waals surface area contributed by atoms with Gasteiger partial charge in [-0.25, -0.2) is 0 Å². The van der Waals surface area contributed by atoms with Gasteiger partial charge in [-0.15, -0.1) is 0 Å². The maximum atomic E-state index is 9.14. The van der Waals surface area contributed by atoms with E-state index in [1.165, 1.54) is 56.1 Å². The van der Waals surface area contributed by atoms with Gasteiger partial charge in [0.15, 0.2) is 0 Å². The van der Waals surface area contributed by atoms with E-state index in [0.29, 0.717) is 6.54 Å². The molecule has 0 bridgehead atoms. The Morgan fingerprint density at radius 3 is 2.04 bits per heavy atom. The van der Waals surface area contributed by atoms with Crippen molar-refractivity contribution in [3.63, 3.8) is 0 Å². The third-order valence-corrected chi connectivity index (χ3v) is 4.38. The minimum absolute atomic E-state index is 0.0397. The van der Waals surface area contributed by atoms with Crippen LogP contribution in [-0.4, -0.2) is 41.9 Å². The van der Waals surface area contributed by atoms with Crippen molar-refractivity contribution in [2.75, 3.05) is 26.8 Å². The second kappa shape index (κ2) is 12.5. The van der Waals surface area contributed by atoms with Crippen LogP contribution in [0.15, 0.2) is 24.3 Å². The number of rotatable bonds is 13. The van der Waals surface area contributed by atoms with E-state index in [0.717, 1.165) is 6.54 Å². The predicted molar refractivity (Wildman–Crippen MR) is 97.5 cm³/mol. The molecule has 0 aromatic heterocycles. The molecule has 0 amide bonds. The highest BCUT2D eigenvalue weighted by molar-refractivity contribution is 5.22. The lowest BCUT2D eigenvalue weighted by Gasteiger charge is -2.21. The number of aryl methyl sites for hydroxylation is 1. The van der Waals surface area contributed by atoms with E-state index in [2.05, 4.69) is 36.1 Å². The highest BCUT2D eigenvalue weighted by Gasteiger charge is 2.09. The van der Waals surface area contributed by atoms with Crippen molar-refractivity contribution in [2.24, 2.45) is 5.92 Å². The van der Waals surface area contributed by atoms with Crippen molar-refractivity contribution in [3.05, 3.63) is 35.4 Å². The van der Waals surface area contributed by atoms with Crippen LogP contribution in [0.1, 0.15) is 56.6 Å². The summed E-state index contributed by atoms with van der Waals surface area (Å²) < 4.78 is 0. The van der Waals surface area contributed by atoms with Crippen molar-refractivity contribution in [2.45, 2.75) is 58.4 Å². The van der Waals surface area contributed by atoms with Crippen LogP contribution in [0.5, 0.6) is 0 Å². The van der Waals surface area contributed by atoms with Gasteiger partial charge in [0.25, 0.3) is 0 Å². The normalized spacial score (nSPS) is 11.6. The number of aliphatic hydroxyl groups excluding tert-OH is 2. The summed E-state index contributed by atoms with van der Waals surface area (Å²) in [4.78, 5) is 2.15. The lowest BCUT2D eigenvalue weighted by Crippen LogP contribution is -2.29. The molecule has 0 radical (unpaired) electrons. The van der Waals surface area contributed by atoms with Crippen LogP contribution in [0.3, 0.4) is 0 Å². The van der Waals surface area contributed by atoms with Gasteiger partial charge in [-0.3, -0.25) is 0 Å². The van der Waals surface area contributed by atoms with Gasteiger partial charge in [0.1, 0.15) is 0 Å². The van der Waals surface area contributed by atoms with Crippen LogP contribution in [0.2, 0.25) is 0 Å². The molecule has 0 saturated carbocycles. The molecular formula is C20H35NO2. The smallest absolute Gasteiger partial charge is 0.0493 e. The third-order valence-electron chi connectivity index (χ3n) is 4.38. The zero-order chi connectivity index (χ0) is 16.9. The van der Waals surface area contributed by atoms with Gasteiger partial charge in [0, 0.05) is 32.2 Å². The Balaban J connectivity index is 2.27. The number of nitrogens with zero attached hydrogens (tertiary/aromatic N) is 1. The summed E-state index contributed by atoms with van der Waals surface area (Å²) in [5.74, 6) is -0.0491. The van der Waals surface area contributed by atoms with Crippen LogP contribution in [0, 0.1) is 5.92 Å². The van der Waals surface area contributed by atoms with E-state index in [4.69, 9.17) is 10.2 Å². The SMILES string of the molecule is CCCCCCCCc1ccc(CN(C)CC(CO)CO)cc1. The monoisotopic (exact) mass is 321 g/mol. The molecule has 1 aromatic rings. The summed E-state index contributed by atoms with van der Waals surface area (Å²) in [6, 6.07) is 8.89. The van der Waals surface area contributed by atoms with E-state index in [1.54, 1.807) is 0 Å². The number of aliphatic hydroxyl groups is 2. The van der Waals surface area contributed by atoms with Gasteiger partial charge in [-0.05, 0) is 31.0 Å². The maximum absolute atomic E-state index is 9.14. The predicted octanol–water partition coefficient (Wildman–Crippen LogP) is 3.62. The second-order valence-electron chi connectivity index (χ2n) is 6.76. The van der Waals surface area contributed by atoms with Gasteiger partial charge in [0.2, 0.25) is 0 Å². The van der Waals surface area contributed by atoms with Gasteiger partial charge >= 0.3 is 0 Å². The Morgan fingerprint density at radius 1 is 0.870 bits per heavy atom. The Morgan fingerprint density at radius 2 is 1.43 bits per heavy atom. The van der Waals surface area contributed by atoms with E-state index in [9.17, 15) is 0 Å². The molecule has 3 nitrogen and oxygen atoms in total. The summed E-state index contributed by atoms with van der Waals surface area (Å²) in [5, 5.41) is 18.3. The van der Waals surface area contributed by atoms with Crippen LogP contribution in [0.25, 0.3) is 0 Å². The van der Waals surface area contributed by atoms with E-state index < -0.39 is 0 Å². The average Bonchev–Trinajstić information content (AvgIpc) is 2.57. The van der Waals surface area contributed by atoms with Gasteiger partial charge in [-0.1, -0.05) is 63.3 Å².